The number of hydrogen-bond donors (Lipinski definition) is 3. The lowest BCUT2D eigenvalue weighted by molar-refractivity contribution is -0.127. The van der Waals surface area contributed by atoms with Gasteiger partial charge in [0.2, 0.25) is 11.8 Å². The Balaban J connectivity index is 1.52. The third kappa shape index (κ3) is 6.58. The van der Waals surface area contributed by atoms with Crippen molar-refractivity contribution in [2.75, 3.05) is 6.54 Å². The predicted octanol–water partition coefficient (Wildman–Crippen LogP) is 1.29. The summed E-state index contributed by atoms with van der Waals surface area (Å²) in [6, 6.07) is 7.73. The summed E-state index contributed by atoms with van der Waals surface area (Å²) >= 11 is 0. The summed E-state index contributed by atoms with van der Waals surface area (Å²) < 4.78 is 5.21. The van der Waals surface area contributed by atoms with E-state index < -0.39 is 24.1 Å². The molecule has 8 heteroatoms. The van der Waals surface area contributed by atoms with Crippen LogP contribution >= 0.6 is 0 Å². The number of carbonyl (C=O) groups excluding carboxylic acids is 4. The highest BCUT2D eigenvalue weighted by Crippen LogP contribution is 2.33. The molecule has 156 valence electrons. The molecule has 1 aromatic carbocycles. The number of ether oxygens (including phenoxy) is 1. The second kappa shape index (κ2) is 10.0. The second-order valence-electron chi connectivity index (χ2n) is 7.70. The number of rotatable bonds is 10. The first-order valence-corrected chi connectivity index (χ1v) is 10.1. The van der Waals surface area contributed by atoms with Gasteiger partial charge in [0, 0.05) is 12.5 Å². The second-order valence-corrected chi connectivity index (χ2v) is 7.70. The molecule has 0 aromatic heterocycles. The molecule has 1 aliphatic heterocycles. The van der Waals surface area contributed by atoms with Gasteiger partial charge < -0.3 is 25.5 Å². The fourth-order valence-corrected chi connectivity index (χ4v) is 3.43. The average Bonchev–Trinajstić information content (AvgIpc) is 3.46. The smallest absolute Gasteiger partial charge is 0.408 e. The van der Waals surface area contributed by atoms with Crippen LogP contribution in [0.5, 0.6) is 0 Å². The number of aldehydes is 1. The first kappa shape index (κ1) is 20.8. The standard InChI is InChI=1S/C21H27N3O5/c25-12-17(11-16-8-9-22-19(16)26)23-20(27)18(10-14-6-7-14)24-21(28)29-13-15-4-2-1-3-5-15/h1-5,12,14,16-18H,6-11,13H2,(H,22,26)(H,23,27)(H,24,28)/t16-,17-,18-/m0/s1. The molecule has 0 radical (unpaired) electrons. The third-order valence-corrected chi connectivity index (χ3v) is 5.28. The summed E-state index contributed by atoms with van der Waals surface area (Å²) in [7, 11) is 0. The van der Waals surface area contributed by atoms with Gasteiger partial charge in [-0.05, 0) is 30.7 Å². The molecule has 0 unspecified atom stereocenters. The molecule has 2 fully saturated rings. The molecule has 3 atom stereocenters. The zero-order chi connectivity index (χ0) is 20.6. The lowest BCUT2D eigenvalue weighted by atomic mass is 9.98. The fourth-order valence-electron chi connectivity index (χ4n) is 3.43. The van der Waals surface area contributed by atoms with Crippen LogP contribution in [0.1, 0.15) is 37.7 Å². The monoisotopic (exact) mass is 401 g/mol. The normalized spacial score (nSPS) is 20.3. The zero-order valence-electron chi connectivity index (χ0n) is 16.3. The van der Waals surface area contributed by atoms with Crippen LogP contribution in [0.15, 0.2) is 30.3 Å². The average molecular weight is 401 g/mol. The molecule has 1 saturated heterocycles. The van der Waals surface area contributed by atoms with Crippen molar-refractivity contribution < 1.29 is 23.9 Å². The van der Waals surface area contributed by atoms with Crippen LogP contribution in [0.4, 0.5) is 4.79 Å². The maximum Gasteiger partial charge on any atom is 0.408 e. The van der Waals surface area contributed by atoms with Crippen molar-refractivity contribution in [1.29, 1.82) is 0 Å². The van der Waals surface area contributed by atoms with Gasteiger partial charge in [-0.3, -0.25) is 9.59 Å². The lowest BCUT2D eigenvalue weighted by Crippen LogP contribution is -2.50. The summed E-state index contributed by atoms with van der Waals surface area (Å²) in [4.78, 5) is 48.0. The highest BCUT2D eigenvalue weighted by atomic mass is 16.5. The molecular weight excluding hydrogens is 374 g/mol. The Morgan fingerprint density at radius 3 is 2.52 bits per heavy atom. The Morgan fingerprint density at radius 2 is 1.90 bits per heavy atom. The first-order chi connectivity index (χ1) is 14.0. The van der Waals surface area contributed by atoms with Crippen molar-refractivity contribution in [3.05, 3.63) is 35.9 Å². The molecule has 3 rings (SSSR count). The summed E-state index contributed by atoms with van der Waals surface area (Å²) in [5, 5.41) is 8.01. The van der Waals surface area contributed by atoms with Crippen molar-refractivity contribution in [2.45, 2.75) is 50.8 Å². The SMILES string of the molecule is O=C[C@H](C[C@@H]1CCNC1=O)NC(=O)[C@H](CC1CC1)NC(=O)OCc1ccccc1. The number of carbonyl (C=O) groups is 4. The first-order valence-electron chi connectivity index (χ1n) is 10.1. The van der Waals surface area contributed by atoms with Gasteiger partial charge in [-0.1, -0.05) is 43.2 Å². The molecule has 29 heavy (non-hydrogen) atoms. The van der Waals surface area contributed by atoms with E-state index >= 15 is 0 Å². The van der Waals surface area contributed by atoms with Gasteiger partial charge >= 0.3 is 6.09 Å². The predicted molar refractivity (Wildman–Crippen MR) is 105 cm³/mol. The van der Waals surface area contributed by atoms with E-state index in [1.807, 2.05) is 30.3 Å². The number of amides is 3. The minimum absolute atomic E-state index is 0.0942. The molecule has 8 nitrogen and oxygen atoms in total. The third-order valence-electron chi connectivity index (χ3n) is 5.28. The van der Waals surface area contributed by atoms with E-state index in [-0.39, 0.29) is 24.9 Å². The van der Waals surface area contributed by atoms with Crippen LogP contribution in [-0.2, 0) is 25.7 Å². The highest BCUT2D eigenvalue weighted by Gasteiger charge is 2.33. The minimum atomic E-state index is -0.773. The summed E-state index contributed by atoms with van der Waals surface area (Å²) in [5.74, 6) is -0.418. The van der Waals surface area contributed by atoms with Gasteiger partial charge in [0.05, 0.1) is 6.04 Å². The van der Waals surface area contributed by atoms with E-state index in [0.717, 1.165) is 18.4 Å². The number of hydrogen-bond acceptors (Lipinski definition) is 5. The van der Waals surface area contributed by atoms with Crippen LogP contribution in [0.25, 0.3) is 0 Å². The molecular formula is C21H27N3O5. The largest absolute Gasteiger partial charge is 0.445 e. The van der Waals surface area contributed by atoms with Gasteiger partial charge in [0.1, 0.15) is 18.9 Å². The summed E-state index contributed by atoms with van der Waals surface area (Å²) in [5.41, 5.74) is 0.849. The van der Waals surface area contributed by atoms with Crippen molar-refractivity contribution in [3.8, 4) is 0 Å². The maximum absolute atomic E-state index is 12.7. The van der Waals surface area contributed by atoms with Crippen molar-refractivity contribution in [1.82, 2.24) is 16.0 Å². The van der Waals surface area contributed by atoms with Gasteiger partial charge in [0.15, 0.2) is 0 Å². The van der Waals surface area contributed by atoms with E-state index in [1.54, 1.807) is 0 Å². The van der Waals surface area contributed by atoms with Crippen molar-refractivity contribution in [2.24, 2.45) is 11.8 Å². The fraction of sp³-hybridized carbons (Fsp3) is 0.524. The molecule has 0 spiro atoms. The lowest BCUT2D eigenvalue weighted by Gasteiger charge is -2.21. The van der Waals surface area contributed by atoms with Crippen LogP contribution in [0.2, 0.25) is 0 Å². The van der Waals surface area contributed by atoms with Crippen LogP contribution in [-0.4, -0.2) is 42.8 Å². The van der Waals surface area contributed by atoms with Crippen LogP contribution in [0, 0.1) is 11.8 Å². The number of nitrogens with one attached hydrogen (secondary N) is 3. The van der Waals surface area contributed by atoms with Crippen LogP contribution < -0.4 is 16.0 Å². The number of benzene rings is 1. The van der Waals surface area contributed by atoms with Crippen molar-refractivity contribution >= 4 is 24.2 Å². The Hall–Kier alpha value is -2.90. The molecule has 1 aromatic rings. The van der Waals surface area contributed by atoms with Gasteiger partial charge in [0.25, 0.3) is 0 Å². The topological polar surface area (TPSA) is 114 Å². The summed E-state index contributed by atoms with van der Waals surface area (Å²) in [6.07, 6.45) is 3.41. The van der Waals surface area contributed by atoms with Crippen molar-refractivity contribution in [3.63, 3.8) is 0 Å². The minimum Gasteiger partial charge on any atom is -0.445 e. The highest BCUT2D eigenvalue weighted by molar-refractivity contribution is 5.88. The van der Waals surface area contributed by atoms with E-state index in [1.165, 1.54) is 0 Å². The Morgan fingerprint density at radius 1 is 1.14 bits per heavy atom. The van der Waals surface area contributed by atoms with E-state index in [2.05, 4.69) is 16.0 Å². The van der Waals surface area contributed by atoms with E-state index in [0.29, 0.717) is 31.6 Å². The molecule has 2 aliphatic rings. The molecule has 3 amide bonds. The Kier molecular flexibility index (Phi) is 7.21. The Bertz CT molecular complexity index is 735. The van der Waals surface area contributed by atoms with E-state index in [9.17, 15) is 19.2 Å². The van der Waals surface area contributed by atoms with E-state index in [4.69, 9.17) is 4.74 Å². The molecule has 1 saturated carbocycles. The number of alkyl carbamates (subject to hydrolysis) is 1. The van der Waals surface area contributed by atoms with Gasteiger partial charge in [-0.15, -0.1) is 0 Å². The quantitative estimate of drug-likeness (QED) is 0.511. The Labute approximate surface area is 169 Å². The van der Waals surface area contributed by atoms with Crippen LogP contribution in [0.3, 0.4) is 0 Å². The molecule has 1 aliphatic carbocycles. The molecule has 0 bridgehead atoms. The molecule has 1 heterocycles. The van der Waals surface area contributed by atoms with Gasteiger partial charge in [-0.25, -0.2) is 4.79 Å². The maximum atomic E-state index is 12.7. The van der Waals surface area contributed by atoms with Gasteiger partial charge in [-0.2, -0.15) is 0 Å². The zero-order valence-corrected chi connectivity index (χ0v) is 16.3. The molecule has 3 N–H and O–H groups in total. The summed E-state index contributed by atoms with van der Waals surface area (Å²) in [6.45, 7) is 0.695.